The van der Waals surface area contributed by atoms with Gasteiger partial charge >= 0.3 is 0 Å². The molecule has 1 aromatic heterocycles. The van der Waals surface area contributed by atoms with E-state index in [0.29, 0.717) is 23.8 Å². The Morgan fingerprint density at radius 2 is 1.78 bits per heavy atom. The lowest BCUT2D eigenvalue weighted by Crippen LogP contribution is -2.22. The number of aromatic nitrogens is 1. The maximum absolute atomic E-state index is 12.8. The fourth-order valence-corrected chi connectivity index (χ4v) is 5.10. The Morgan fingerprint density at radius 3 is 2.53 bits per heavy atom. The van der Waals surface area contributed by atoms with Crippen LogP contribution in [0.3, 0.4) is 0 Å². The molecule has 0 spiro atoms. The summed E-state index contributed by atoms with van der Waals surface area (Å²) in [6.45, 7) is 4.42. The smallest absolute Gasteiger partial charge is 0.239 e. The van der Waals surface area contributed by atoms with E-state index in [2.05, 4.69) is 15.6 Å². The second-order valence-electron chi connectivity index (χ2n) is 7.98. The van der Waals surface area contributed by atoms with Crippen molar-refractivity contribution in [3.05, 3.63) is 89.8 Å². The molecule has 1 atom stereocenters. The number of hydrogen-bond donors (Lipinski definition) is 2. The predicted molar refractivity (Wildman–Crippen MR) is 148 cm³/mol. The van der Waals surface area contributed by atoms with Crippen LogP contribution in [0.25, 0.3) is 11.3 Å². The van der Waals surface area contributed by atoms with E-state index in [-0.39, 0.29) is 17.1 Å². The summed E-state index contributed by atoms with van der Waals surface area (Å²) in [6.07, 6.45) is 0.309. The number of amides is 2. The van der Waals surface area contributed by atoms with Crippen molar-refractivity contribution in [1.82, 2.24) is 4.98 Å². The SMILES string of the molecule is CCOc1ccc(-c2csc(NC(=O)C(C)Sc3cccc(NC(=O)Cc4ccccc4)c3)n2)cc1. The number of nitrogens with zero attached hydrogens (tertiary/aromatic N) is 1. The number of carbonyl (C=O) groups excluding carboxylic acids is 2. The Balaban J connectivity index is 1.31. The summed E-state index contributed by atoms with van der Waals surface area (Å²) < 4.78 is 5.48. The fourth-order valence-electron chi connectivity index (χ4n) is 3.45. The third-order valence-electron chi connectivity index (χ3n) is 5.20. The molecule has 2 amide bonds. The first-order chi connectivity index (χ1) is 17.5. The van der Waals surface area contributed by atoms with E-state index in [1.165, 1.54) is 23.1 Å². The number of nitrogens with one attached hydrogen (secondary N) is 2. The standard InChI is InChI=1S/C28H27N3O3S2/c1-3-34-23-14-12-21(13-15-23)25-18-35-28(30-25)31-27(33)19(2)36-24-11-7-10-22(17-24)29-26(32)16-20-8-5-4-6-9-20/h4-15,17-19H,3,16H2,1-2H3,(H,29,32)(H,30,31,33). The molecule has 184 valence electrons. The topological polar surface area (TPSA) is 80.3 Å². The molecule has 0 aliphatic heterocycles. The highest BCUT2D eigenvalue weighted by Gasteiger charge is 2.17. The minimum atomic E-state index is -0.349. The van der Waals surface area contributed by atoms with Gasteiger partial charge in [-0.1, -0.05) is 36.4 Å². The highest BCUT2D eigenvalue weighted by atomic mass is 32.2. The van der Waals surface area contributed by atoms with Gasteiger partial charge < -0.3 is 15.4 Å². The molecule has 0 bridgehead atoms. The van der Waals surface area contributed by atoms with Gasteiger partial charge in [0.1, 0.15) is 5.75 Å². The number of anilines is 2. The molecule has 0 fully saturated rings. The van der Waals surface area contributed by atoms with E-state index >= 15 is 0 Å². The Hall–Kier alpha value is -3.62. The average Bonchev–Trinajstić information content (AvgIpc) is 3.34. The molecule has 36 heavy (non-hydrogen) atoms. The van der Waals surface area contributed by atoms with E-state index in [1.54, 1.807) is 0 Å². The quantitative estimate of drug-likeness (QED) is 0.234. The first-order valence-corrected chi connectivity index (χ1v) is 13.4. The fraction of sp³-hybridized carbons (Fsp3) is 0.179. The van der Waals surface area contributed by atoms with Crippen LogP contribution in [0.4, 0.5) is 10.8 Å². The summed E-state index contributed by atoms with van der Waals surface area (Å²) in [5, 5.41) is 7.97. The maximum atomic E-state index is 12.8. The van der Waals surface area contributed by atoms with E-state index < -0.39 is 0 Å². The van der Waals surface area contributed by atoms with Crippen LogP contribution in [-0.2, 0) is 16.0 Å². The number of carbonyl (C=O) groups is 2. The molecule has 3 aromatic carbocycles. The Labute approximate surface area is 219 Å². The summed E-state index contributed by atoms with van der Waals surface area (Å²) >= 11 is 2.81. The highest BCUT2D eigenvalue weighted by Crippen LogP contribution is 2.29. The molecular formula is C28H27N3O3S2. The van der Waals surface area contributed by atoms with Gasteiger partial charge in [0.2, 0.25) is 11.8 Å². The van der Waals surface area contributed by atoms with Crippen molar-refractivity contribution in [2.24, 2.45) is 0 Å². The van der Waals surface area contributed by atoms with Gasteiger partial charge in [-0.2, -0.15) is 0 Å². The average molecular weight is 518 g/mol. The van der Waals surface area contributed by atoms with Gasteiger partial charge in [0.25, 0.3) is 0 Å². The van der Waals surface area contributed by atoms with Crippen molar-refractivity contribution < 1.29 is 14.3 Å². The summed E-state index contributed by atoms with van der Waals surface area (Å²) in [4.78, 5) is 30.6. The molecule has 1 unspecified atom stereocenters. The number of hydrogen-bond acceptors (Lipinski definition) is 6. The first kappa shape index (κ1) is 25.5. The Morgan fingerprint density at radius 1 is 1.00 bits per heavy atom. The van der Waals surface area contributed by atoms with Crippen LogP contribution in [0.2, 0.25) is 0 Å². The number of ether oxygens (including phenoxy) is 1. The highest BCUT2D eigenvalue weighted by molar-refractivity contribution is 8.00. The zero-order valence-electron chi connectivity index (χ0n) is 20.1. The molecule has 2 N–H and O–H groups in total. The molecule has 1 heterocycles. The molecule has 0 aliphatic carbocycles. The summed E-state index contributed by atoms with van der Waals surface area (Å²) in [7, 11) is 0. The third-order valence-corrected chi connectivity index (χ3v) is 7.05. The first-order valence-electron chi connectivity index (χ1n) is 11.6. The molecule has 4 aromatic rings. The number of thiazole rings is 1. The van der Waals surface area contributed by atoms with Crippen molar-refractivity contribution in [2.75, 3.05) is 17.2 Å². The minimum Gasteiger partial charge on any atom is -0.494 e. The molecule has 0 saturated carbocycles. The second-order valence-corrected chi connectivity index (χ2v) is 10.3. The molecule has 8 heteroatoms. The number of rotatable bonds is 10. The lowest BCUT2D eigenvalue weighted by atomic mass is 10.1. The molecule has 0 saturated heterocycles. The van der Waals surface area contributed by atoms with Gasteiger partial charge in [-0.25, -0.2) is 4.98 Å². The molecule has 0 radical (unpaired) electrons. The molecule has 6 nitrogen and oxygen atoms in total. The van der Waals surface area contributed by atoms with Gasteiger partial charge in [0, 0.05) is 21.5 Å². The van der Waals surface area contributed by atoms with Gasteiger partial charge in [0.05, 0.1) is 24.0 Å². The van der Waals surface area contributed by atoms with Gasteiger partial charge in [0.15, 0.2) is 5.13 Å². The second kappa shape index (κ2) is 12.4. The summed E-state index contributed by atoms with van der Waals surface area (Å²) in [5.41, 5.74) is 3.42. The van der Waals surface area contributed by atoms with Crippen LogP contribution in [0, 0.1) is 0 Å². The van der Waals surface area contributed by atoms with Gasteiger partial charge in [-0.05, 0) is 61.9 Å². The van der Waals surface area contributed by atoms with Gasteiger partial charge in [-0.3, -0.25) is 9.59 Å². The van der Waals surface area contributed by atoms with Crippen LogP contribution in [0.15, 0.2) is 89.1 Å². The summed E-state index contributed by atoms with van der Waals surface area (Å²) in [5.74, 6) is 0.600. The van der Waals surface area contributed by atoms with Crippen LogP contribution >= 0.6 is 23.1 Å². The molecule has 0 aliphatic rings. The van der Waals surface area contributed by atoms with Crippen molar-refractivity contribution in [3.8, 4) is 17.0 Å². The normalized spacial score (nSPS) is 11.5. The van der Waals surface area contributed by atoms with Crippen molar-refractivity contribution in [1.29, 1.82) is 0 Å². The maximum Gasteiger partial charge on any atom is 0.239 e. The number of benzene rings is 3. The van der Waals surface area contributed by atoms with Crippen LogP contribution in [0.1, 0.15) is 19.4 Å². The van der Waals surface area contributed by atoms with E-state index in [4.69, 9.17) is 4.74 Å². The zero-order chi connectivity index (χ0) is 25.3. The van der Waals surface area contributed by atoms with E-state index in [1.807, 2.05) is 98.1 Å². The predicted octanol–water partition coefficient (Wildman–Crippen LogP) is 6.51. The van der Waals surface area contributed by atoms with Crippen LogP contribution in [-0.4, -0.2) is 28.7 Å². The monoisotopic (exact) mass is 517 g/mol. The van der Waals surface area contributed by atoms with Crippen molar-refractivity contribution in [2.45, 2.75) is 30.4 Å². The third kappa shape index (κ3) is 7.19. The minimum absolute atomic E-state index is 0.0822. The zero-order valence-corrected chi connectivity index (χ0v) is 21.7. The van der Waals surface area contributed by atoms with E-state index in [0.717, 1.165) is 27.5 Å². The lowest BCUT2D eigenvalue weighted by Gasteiger charge is -2.12. The lowest BCUT2D eigenvalue weighted by molar-refractivity contribution is -0.116. The summed E-state index contributed by atoms with van der Waals surface area (Å²) in [6, 6.07) is 24.9. The molecular weight excluding hydrogens is 490 g/mol. The van der Waals surface area contributed by atoms with Crippen molar-refractivity contribution in [3.63, 3.8) is 0 Å². The van der Waals surface area contributed by atoms with E-state index in [9.17, 15) is 9.59 Å². The Bertz CT molecular complexity index is 1310. The largest absolute Gasteiger partial charge is 0.494 e. The van der Waals surface area contributed by atoms with Gasteiger partial charge in [-0.15, -0.1) is 23.1 Å². The number of thioether (sulfide) groups is 1. The van der Waals surface area contributed by atoms with Crippen LogP contribution < -0.4 is 15.4 Å². The Kier molecular flexibility index (Phi) is 8.76. The molecule has 4 rings (SSSR count). The van der Waals surface area contributed by atoms with Crippen LogP contribution in [0.5, 0.6) is 5.75 Å². The van der Waals surface area contributed by atoms with Crippen molar-refractivity contribution >= 4 is 45.7 Å².